The van der Waals surface area contributed by atoms with Crippen LogP contribution in [0.5, 0.6) is 0 Å². The second kappa shape index (κ2) is 9.93. The van der Waals surface area contributed by atoms with Gasteiger partial charge in [-0.25, -0.2) is 0 Å². The zero-order chi connectivity index (χ0) is 29.0. The summed E-state index contributed by atoms with van der Waals surface area (Å²) in [5.74, 6) is 0. The Morgan fingerprint density at radius 3 is 1.66 bits per heavy atom. The van der Waals surface area contributed by atoms with Crippen LogP contribution in [-0.4, -0.2) is 0 Å². The van der Waals surface area contributed by atoms with Crippen molar-refractivity contribution >= 4 is 53.9 Å². The van der Waals surface area contributed by atoms with E-state index in [9.17, 15) is 0 Å². The molecule has 204 valence electrons. The van der Waals surface area contributed by atoms with Gasteiger partial charge in [0.1, 0.15) is 0 Å². The molecule has 0 aliphatic rings. The maximum Gasteiger partial charge on any atom is -0.00264 e. The largest absolute Gasteiger partial charge is 0.0622 e. The average molecular weight is 557 g/mol. The van der Waals surface area contributed by atoms with Crippen molar-refractivity contribution in [3.63, 3.8) is 0 Å². The summed E-state index contributed by atoms with van der Waals surface area (Å²) in [4.78, 5) is 0. The van der Waals surface area contributed by atoms with E-state index >= 15 is 0 Å². The SMILES string of the molecule is c1ccc(-c2c(-c3ccc4ccccc4c3)ccc3c(-c4ccc5c(ccc6ccccc65)c4)c4ccccc4cc23)cc1. The minimum atomic E-state index is 1.23. The number of hydrogen-bond acceptors (Lipinski definition) is 0. The standard InChI is InChI=1S/C44H28/c1-2-12-31(13-3-1)43-40(35-20-18-29-10-4-5-14-32(29)26-35)24-25-41-42(43)28-33-15-7-9-17-39(33)44(41)36-22-23-38-34(27-36)21-19-30-11-6-8-16-37(30)38/h1-28H. The third-order valence-electron chi connectivity index (χ3n) is 9.20. The summed E-state index contributed by atoms with van der Waals surface area (Å²) in [6.07, 6.45) is 0. The number of fused-ring (bicyclic) bond motifs is 6. The highest BCUT2D eigenvalue weighted by Crippen LogP contribution is 2.45. The maximum atomic E-state index is 2.40. The van der Waals surface area contributed by atoms with Crippen LogP contribution in [0.25, 0.3) is 87.2 Å². The van der Waals surface area contributed by atoms with Crippen molar-refractivity contribution in [3.8, 4) is 33.4 Å². The van der Waals surface area contributed by atoms with Crippen molar-refractivity contribution in [1.29, 1.82) is 0 Å². The molecule has 0 heterocycles. The summed E-state index contributed by atoms with van der Waals surface area (Å²) in [6.45, 7) is 0. The van der Waals surface area contributed by atoms with E-state index in [2.05, 4.69) is 170 Å². The summed E-state index contributed by atoms with van der Waals surface area (Å²) in [7, 11) is 0. The molecule has 0 atom stereocenters. The highest BCUT2D eigenvalue weighted by Gasteiger charge is 2.18. The lowest BCUT2D eigenvalue weighted by atomic mass is 9.84. The fourth-order valence-corrected chi connectivity index (χ4v) is 7.13. The van der Waals surface area contributed by atoms with Crippen LogP contribution in [0.4, 0.5) is 0 Å². The molecule has 0 fully saturated rings. The zero-order valence-electron chi connectivity index (χ0n) is 24.2. The Balaban J connectivity index is 1.37. The van der Waals surface area contributed by atoms with E-state index < -0.39 is 0 Å². The van der Waals surface area contributed by atoms with Gasteiger partial charge in [0.25, 0.3) is 0 Å². The van der Waals surface area contributed by atoms with Crippen molar-refractivity contribution in [3.05, 3.63) is 170 Å². The van der Waals surface area contributed by atoms with Gasteiger partial charge in [-0.05, 0) is 105 Å². The van der Waals surface area contributed by atoms with Crippen LogP contribution >= 0.6 is 0 Å². The molecule has 0 N–H and O–H groups in total. The lowest BCUT2D eigenvalue weighted by Gasteiger charge is -2.19. The Labute approximate surface area is 256 Å². The molecule has 0 saturated heterocycles. The molecule has 0 amide bonds. The Kier molecular flexibility index (Phi) is 5.61. The van der Waals surface area contributed by atoms with Crippen LogP contribution in [-0.2, 0) is 0 Å². The second-order valence-electron chi connectivity index (χ2n) is 11.7. The van der Waals surface area contributed by atoms with Gasteiger partial charge >= 0.3 is 0 Å². The number of hydrogen-bond donors (Lipinski definition) is 0. The van der Waals surface area contributed by atoms with E-state index in [1.807, 2.05) is 0 Å². The second-order valence-corrected chi connectivity index (χ2v) is 11.7. The zero-order valence-corrected chi connectivity index (χ0v) is 24.2. The van der Waals surface area contributed by atoms with E-state index in [0.717, 1.165) is 0 Å². The molecule has 0 saturated carbocycles. The molecule has 9 rings (SSSR count). The Morgan fingerprint density at radius 2 is 0.795 bits per heavy atom. The molecule has 0 radical (unpaired) electrons. The number of benzene rings is 9. The molecule has 0 heteroatoms. The predicted octanol–water partition coefficient (Wildman–Crippen LogP) is 12.5. The van der Waals surface area contributed by atoms with Gasteiger partial charge in [-0.3, -0.25) is 0 Å². The average Bonchev–Trinajstić information content (AvgIpc) is 3.10. The first-order valence-electron chi connectivity index (χ1n) is 15.3. The fourth-order valence-electron chi connectivity index (χ4n) is 7.13. The highest BCUT2D eigenvalue weighted by atomic mass is 14.2. The maximum absolute atomic E-state index is 2.40. The first kappa shape index (κ1) is 24.8. The van der Waals surface area contributed by atoms with Gasteiger partial charge in [0, 0.05) is 0 Å². The van der Waals surface area contributed by atoms with E-state index in [0.29, 0.717) is 0 Å². The smallest absolute Gasteiger partial charge is 0.00264 e. The molecule has 9 aromatic rings. The highest BCUT2D eigenvalue weighted by molar-refractivity contribution is 6.19. The molecule has 0 nitrogen and oxygen atoms in total. The lowest BCUT2D eigenvalue weighted by Crippen LogP contribution is -1.92. The molecule has 0 aliphatic heterocycles. The minimum Gasteiger partial charge on any atom is -0.0622 e. The molecule has 0 spiro atoms. The summed E-state index contributed by atoms with van der Waals surface area (Å²) in [5, 5.41) is 12.7. The van der Waals surface area contributed by atoms with Gasteiger partial charge in [-0.1, -0.05) is 152 Å². The van der Waals surface area contributed by atoms with Crippen molar-refractivity contribution < 1.29 is 0 Å². The van der Waals surface area contributed by atoms with Gasteiger partial charge in [0.05, 0.1) is 0 Å². The first-order valence-corrected chi connectivity index (χ1v) is 15.3. The Bertz CT molecular complexity index is 2540. The van der Waals surface area contributed by atoms with Crippen molar-refractivity contribution in [2.24, 2.45) is 0 Å². The lowest BCUT2D eigenvalue weighted by molar-refractivity contribution is 1.62. The van der Waals surface area contributed by atoms with E-state index in [4.69, 9.17) is 0 Å². The van der Waals surface area contributed by atoms with Gasteiger partial charge in [0.2, 0.25) is 0 Å². The normalized spacial score (nSPS) is 11.6. The van der Waals surface area contributed by atoms with Crippen LogP contribution in [0.15, 0.2) is 170 Å². The third kappa shape index (κ3) is 3.92. The molecule has 0 aromatic heterocycles. The van der Waals surface area contributed by atoms with E-state index in [1.54, 1.807) is 0 Å². The molecule has 0 unspecified atom stereocenters. The summed E-state index contributed by atoms with van der Waals surface area (Å²) >= 11 is 0. The summed E-state index contributed by atoms with van der Waals surface area (Å²) in [6, 6.07) is 62.4. The van der Waals surface area contributed by atoms with Crippen molar-refractivity contribution in [2.75, 3.05) is 0 Å². The van der Waals surface area contributed by atoms with Crippen LogP contribution in [0.1, 0.15) is 0 Å². The summed E-state index contributed by atoms with van der Waals surface area (Å²) in [5.41, 5.74) is 7.52. The van der Waals surface area contributed by atoms with Gasteiger partial charge in [-0.2, -0.15) is 0 Å². The quantitative estimate of drug-likeness (QED) is 0.150. The monoisotopic (exact) mass is 556 g/mol. The van der Waals surface area contributed by atoms with Crippen LogP contribution in [0, 0.1) is 0 Å². The van der Waals surface area contributed by atoms with E-state index in [-0.39, 0.29) is 0 Å². The van der Waals surface area contributed by atoms with E-state index in [1.165, 1.54) is 87.2 Å². The molecule has 0 bridgehead atoms. The predicted molar refractivity (Wildman–Crippen MR) is 190 cm³/mol. The topological polar surface area (TPSA) is 0 Å². The molecular formula is C44H28. The van der Waals surface area contributed by atoms with Crippen LogP contribution < -0.4 is 0 Å². The fraction of sp³-hybridized carbons (Fsp3) is 0. The summed E-state index contributed by atoms with van der Waals surface area (Å²) < 4.78 is 0. The molecule has 0 aliphatic carbocycles. The van der Waals surface area contributed by atoms with Crippen molar-refractivity contribution in [1.82, 2.24) is 0 Å². The Hall–Kier alpha value is -5.72. The molecule has 44 heavy (non-hydrogen) atoms. The third-order valence-corrected chi connectivity index (χ3v) is 9.20. The van der Waals surface area contributed by atoms with Gasteiger partial charge in [-0.15, -0.1) is 0 Å². The number of rotatable bonds is 3. The van der Waals surface area contributed by atoms with Crippen molar-refractivity contribution in [2.45, 2.75) is 0 Å². The first-order chi connectivity index (χ1) is 21.8. The van der Waals surface area contributed by atoms with Gasteiger partial charge in [0.15, 0.2) is 0 Å². The molecular weight excluding hydrogens is 528 g/mol. The van der Waals surface area contributed by atoms with Gasteiger partial charge < -0.3 is 0 Å². The van der Waals surface area contributed by atoms with Crippen LogP contribution in [0.2, 0.25) is 0 Å². The molecule has 9 aromatic carbocycles. The van der Waals surface area contributed by atoms with Crippen LogP contribution in [0.3, 0.4) is 0 Å². The minimum absolute atomic E-state index is 1.23. The Morgan fingerprint density at radius 1 is 0.227 bits per heavy atom.